The summed E-state index contributed by atoms with van der Waals surface area (Å²) in [6.07, 6.45) is 6.50. The van der Waals surface area contributed by atoms with Gasteiger partial charge in [-0.15, -0.1) is 0 Å². The minimum Gasteiger partial charge on any atom is -0.455 e. The third kappa shape index (κ3) is 6.04. The first-order chi connectivity index (χ1) is 38.5. The van der Waals surface area contributed by atoms with E-state index in [1.807, 2.05) is 0 Å². The highest BCUT2D eigenvalue weighted by Crippen LogP contribution is 2.72. The topological polar surface area (TPSA) is 19.6 Å². The van der Waals surface area contributed by atoms with Crippen molar-refractivity contribution in [1.29, 1.82) is 0 Å². The van der Waals surface area contributed by atoms with Crippen LogP contribution in [0.25, 0.3) is 66.1 Å². The lowest BCUT2D eigenvalue weighted by molar-refractivity contribution is -0.0393. The number of nitrogens with zero attached hydrogens (tertiary/aromatic N) is 2. The maximum Gasteiger partial charge on any atom is 0.145 e. The first-order valence-electron chi connectivity index (χ1n) is 29.2. The minimum absolute atomic E-state index is 0.125. The number of para-hydroxylation sites is 3. The highest BCUT2D eigenvalue weighted by atomic mass is 16.3. The molecule has 7 aliphatic carbocycles. The summed E-state index contributed by atoms with van der Waals surface area (Å²) in [5.74, 6) is 2.61. The molecule has 384 valence electrons. The smallest absolute Gasteiger partial charge is 0.145 e. The Labute approximate surface area is 464 Å². The van der Waals surface area contributed by atoms with Crippen LogP contribution >= 0.6 is 0 Å². The van der Waals surface area contributed by atoms with Crippen molar-refractivity contribution < 1.29 is 4.42 Å². The lowest BCUT2D eigenvalue weighted by atomic mass is 9.43. The summed E-state index contributed by atoms with van der Waals surface area (Å²) in [6, 6.07) is 74.6. The van der Waals surface area contributed by atoms with E-state index in [0.29, 0.717) is 11.8 Å². The fraction of sp³-hybridized carbons (Fsp3) is 0.237. The molecule has 1 spiro atoms. The molecule has 11 aromatic rings. The molecular weight excluding hydrogens is 957 g/mol. The van der Waals surface area contributed by atoms with Gasteiger partial charge in [-0.2, -0.15) is 0 Å². The Bertz CT molecular complexity index is 4420. The molecule has 4 bridgehead atoms. The number of benzene rings is 10. The van der Waals surface area contributed by atoms with Gasteiger partial charge in [0.1, 0.15) is 11.2 Å². The molecule has 0 aliphatic heterocycles. The van der Waals surface area contributed by atoms with Crippen molar-refractivity contribution in [3.63, 3.8) is 0 Å². The molecule has 3 nitrogen and oxygen atoms in total. The van der Waals surface area contributed by atoms with Crippen LogP contribution in [0.4, 0.5) is 34.1 Å². The first-order valence-corrected chi connectivity index (χ1v) is 29.2. The molecule has 4 fully saturated rings. The summed E-state index contributed by atoms with van der Waals surface area (Å²) < 4.78 is 7.53. The van der Waals surface area contributed by atoms with E-state index in [1.54, 1.807) is 5.56 Å². The predicted octanol–water partition coefficient (Wildman–Crippen LogP) is 20.6. The van der Waals surface area contributed by atoms with E-state index in [4.69, 9.17) is 4.42 Å². The Morgan fingerprint density at radius 2 is 0.899 bits per heavy atom. The Kier molecular flexibility index (Phi) is 9.29. The second-order valence-electron chi connectivity index (χ2n) is 25.7. The van der Waals surface area contributed by atoms with Gasteiger partial charge in [-0.25, -0.2) is 0 Å². The molecule has 0 N–H and O–H groups in total. The van der Waals surface area contributed by atoms with Crippen LogP contribution in [0.3, 0.4) is 0 Å². The molecule has 0 unspecified atom stereocenters. The summed E-state index contributed by atoms with van der Waals surface area (Å²) >= 11 is 0. The zero-order valence-corrected chi connectivity index (χ0v) is 46.1. The molecule has 3 heteroatoms. The van der Waals surface area contributed by atoms with Gasteiger partial charge >= 0.3 is 0 Å². The first kappa shape index (κ1) is 45.8. The molecule has 79 heavy (non-hydrogen) atoms. The third-order valence-corrected chi connectivity index (χ3v) is 21.1. The summed E-state index contributed by atoms with van der Waals surface area (Å²) in [4.78, 5) is 5.18. The number of hydrogen-bond donors (Lipinski definition) is 0. The van der Waals surface area contributed by atoms with Crippen molar-refractivity contribution in [3.8, 4) is 33.4 Å². The average molecular weight is 1020 g/mol. The van der Waals surface area contributed by atoms with Crippen LogP contribution in [0.1, 0.15) is 104 Å². The Balaban J connectivity index is 0.939. The summed E-state index contributed by atoms with van der Waals surface area (Å²) in [5.41, 5.74) is 27.8. The van der Waals surface area contributed by atoms with Gasteiger partial charge in [-0.1, -0.05) is 161 Å². The van der Waals surface area contributed by atoms with E-state index < -0.39 is 0 Å². The van der Waals surface area contributed by atoms with Gasteiger partial charge in [0, 0.05) is 55.6 Å². The normalized spacial score (nSPS) is 21.8. The van der Waals surface area contributed by atoms with Crippen LogP contribution in [0.5, 0.6) is 0 Å². The zero-order chi connectivity index (χ0) is 52.8. The molecule has 0 atom stereocenters. The van der Waals surface area contributed by atoms with Crippen LogP contribution in [0.15, 0.2) is 199 Å². The molecule has 1 heterocycles. The standard InChI is InChI=1S/C76H64N2O/c1-44-17-7-14-24-66(44)77(52-30-33-56-54-19-9-12-22-61(54)74(3,4)63(56)41-52)51-29-27-48-28-32-59-70-65(76(72(59)60(48)40-51)49-36-46-35-47(38-49)39-50(76)37-46)43-68(71-58-21-11-16-26-69(58)79-73(70)71)78(67-25-15-8-18-45(67)2)53-31-34-57-55-20-10-13-23-62(55)75(5,6)64(57)42-53/h7-34,40-43,46-47,49-50H,35-39H2,1-6H3. The van der Waals surface area contributed by atoms with Crippen LogP contribution in [0, 0.1) is 37.5 Å². The zero-order valence-electron chi connectivity index (χ0n) is 46.1. The SMILES string of the molecule is Cc1ccccc1N(c1ccc2c(c1)C(C)(C)c1ccccc1-2)c1ccc2ccc3c(c2c1)C1(c2cc(N(c4ccc5c(c4)C(C)(C)c4ccccc4-5)c4ccccc4C)c4c(oc5ccccc54)c2-3)C2CC3CC(C2)CC1C3. The summed E-state index contributed by atoms with van der Waals surface area (Å²) in [5, 5.41) is 5.04. The fourth-order valence-corrected chi connectivity index (χ4v) is 17.8. The van der Waals surface area contributed by atoms with Crippen molar-refractivity contribution in [2.24, 2.45) is 23.7 Å². The third-order valence-electron chi connectivity index (χ3n) is 21.1. The maximum absolute atomic E-state index is 7.53. The largest absolute Gasteiger partial charge is 0.455 e. The van der Waals surface area contributed by atoms with E-state index in [-0.39, 0.29) is 16.2 Å². The maximum atomic E-state index is 7.53. The van der Waals surface area contributed by atoms with Gasteiger partial charge in [-0.05, 0) is 213 Å². The van der Waals surface area contributed by atoms with Gasteiger partial charge in [-0.3, -0.25) is 0 Å². The fourth-order valence-electron chi connectivity index (χ4n) is 17.8. The van der Waals surface area contributed by atoms with E-state index in [2.05, 4.69) is 245 Å². The number of hydrogen-bond acceptors (Lipinski definition) is 3. The highest BCUT2D eigenvalue weighted by Gasteiger charge is 2.63. The van der Waals surface area contributed by atoms with Crippen molar-refractivity contribution in [2.75, 3.05) is 9.80 Å². The van der Waals surface area contributed by atoms with Crippen LogP contribution in [-0.4, -0.2) is 0 Å². The van der Waals surface area contributed by atoms with E-state index in [9.17, 15) is 0 Å². The molecule has 4 saturated carbocycles. The van der Waals surface area contributed by atoms with Crippen LogP contribution in [-0.2, 0) is 16.2 Å². The lowest BCUT2D eigenvalue weighted by Crippen LogP contribution is -2.55. The highest BCUT2D eigenvalue weighted by molar-refractivity contribution is 6.20. The average Bonchev–Trinajstić information content (AvgIpc) is 2.95. The molecule has 18 rings (SSSR count). The Hall–Kier alpha value is -8.14. The lowest BCUT2D eigenvalue weighted by Gasteiger charge is -2.61. The van der Waals surface area contributed by atoms with Crippen molar-refractivity contribution >= 4 is 66.8 Å². The van der Waals surface area contributed by atoms with E-state index in [1.165, 1.54) is 155 Å². The van der Waals surface area contributed by atoms with E-state index in [0.717, 1.165) is 28.4 Å². The second kappa shape index (κ2) is 16.0. The molecule has 0 saturated heterocycles. The number of aryl methyl sites for hydroxylation is 2. The Morgan fingerprint density at radius 1 is 0.405 bits per heavy atom. The summed E-state index contributed by atoms with van der Waals surface area (Å²) in [7, 11) is 0. The van der Waals surface area contributed by atoms with Crippen LogP contribution < -0.4 is 9.80 Å². The number of anilines is 6. The van der Waals surface area contributed by atoms with E-state index >= 15 is 0 Å². The summed E-state index contributed by atoms with van der Waals surface area (Å²) in [6.45, 7) is 14.2. The predicted molar refractivity (Wildman–Crippen MR) is 328 cm³/mol. The van der Waals surface area contributed by atoms with Crippen molar-refractivity contribution in [3.05, 3.63) is 239 Å². The molecular formula is C76H64N2O. The monoisotopic (exact) mass is 1020 g/mol. The van der Waals surface area contributed by atoms with Crippen LogP contribution in [0.2, 0.25) is 0 Å². The van der Waals surface area contributed by atoms with Crippen molar-refractivity contribution in [2.45, 2.75) is 89.9 Å². The second-order valence-corrected chi connectivity index (χ2v) is 25.7. The minimum atomic E-state index is -0.200. The molecule has 7 aliphatic rings. The molecule has 0 radical (unpaired) electrons. The van der Waals surface area contributed by atoms with Gasteiger partial charge in [0.2, 0.25) is 0 Å². The van der Waals surface area contributed by atoms with Gasteiger partial charge in [0.25, 0.3) is 0 Å². The Morgan fingerprint density at radius 3 is 1.53 bits per heavy atom. The number of rotatable bonds is 6. The number of furan rings is 1. The quantitative estimate of drug-likeness (QED) is 0.165. The molecule has 10 aromatic carbocycles. The number of fused-ring (bicyclic) bond motifs is 15. The van der Waals surface area contributed by atoms with Crippen molar-refractivity contribution in [1.82, 2.24) is 0 Å². The molecule has 0 amide bonds. The van der Waals surface area contributed by atoms with Gasteiger partial charge in [0.15, 0.2) is 0 Å². The van der Waals surface area contributed by atoms with Gasteiger partial charge < -0.3 is 14.2 Å². The van der Waals surface area contributed by atoms with Gasteiger partial charge in [0.05, 0.1) is 11.1 Å². The molecule has 1 aromatic heterocycles.